The first-order chi connectivity index (χ1) is 9.33. The normalized spacial score (nSPS) is 14.9. The molecular formula is C15H16N2O2. The van der Waals surface area contributed by atoms with Crippen molar-refractivity contribution < 1.29 is 9.21 Å². The van der Waals surface area contributed by atoms with Crippen LogP contribution in [0.5, 0.6) is 0 Å². The third-order valence-electron chi connectivity index (χ3n) is 3.28. The number of nitrogens with zero attached hydrogens (tertiary/aromatic N) is 1. The lowest BCUT2D eigenvalue weighted by molar-refractivity contribution is -0.117. The van der Waals surface area contributed by atoms with E-state index in [0.717, 1.165) is 30.1 Å². The third kappa shape index (κ3) is 2.62. The highest BCUT2D eigenvalue weighted by Gasteiger charge is 2.21. The lowest BCUT2D eigenvalue weighted by atomic mass is 10.2. The van der Waals surface area contributed by atoms with Gasteiger partial charge in [-0.2, -0.15) is 0 Å². The number of benzene rings is 1. The predicted octanol–water partition coefficient (Wildman–Crippen LogP) is 3.02. The van der Waals surface area contributed by atoms with Crippen molar-refractivity contribution in [1.29, 1.82) is 0 Å². The molecule has 0 saturated carbocycles. The summed E-state index contributed by atoms with van der Waals surface area (Å²) in [6.07, 6.45) is 3.27. The van der Waals surface area contributed by atoms with Crippen molar-refractivity contribution in [2.45, 2.75) is 19.4 Å². The lowest BCUT2D eigenvalue weighted by Crippen LogP contribution is -2.23. The van der Waals surface area contributed by atoms with Gasteiger partial charge >= 0.3 is 0 Å². The number of anilines is 2. The number of nitrogens with one attached hydrogen (secondary N) is 1. The number of rotatable bonds is 4. The molecule has 3 rings (SSSR count). The zero-order chi connectivity index (χ0) is 13.1. The Morgan fingerprint density at radius 2 is 2.21 bits per heavy atom. The molecule has 1 amide bonds. The van der Waals surface area contributed by atoms with E-state index in [1.165, 1.54) is 0 Å². The van der Waals surface area contributed by atoms with Crippen LogP contribution in [0.25, 0.3) is 0 Å². The van der Waals surface area contributed by atoms with Gasteiger partial charge in [0.15, 0.2) is 0 Å². The summed E-state index contributed by atoms with van der Waals surface area (Å²) in [6, 6.07) is 11.7. The average Bonchev–Trinajstić information content (AvgIpc) is 3.08. The number of carbonyl (C=O) groups is 1. The minimum Gasteiger partial charge on any atom is -0.467 e. The van der Waals surface area contributed by atoms with Crippen LogP contribution in [0.1, 0.15) is 18.6 Å². The van der Waals surface area contributed by atoms with Gasteiger partial charge in [-0.3, -0.25) is 4.79 Å². The highest BCUT2D eigenvalue weighted by molar-refractivity contribution is 5.95. The van der Waals surface area contributed by atoms with Gasteiger partial charge in [0, 0.05) is 24.3 Å². The number of hydrogen-bond donors (Lipinski definition) is 1. The summed E-state index contributed by atoms with van der Waals surface area (Å²) in [5, 5.41) is 3.29. The first-order valence-corrected chi connectivity index (χ1v) is 6.49. The van der Waals surface area contributed by atoms with Crippen LogP contribution in [-0.4, -0.2) is 12.5 Å². The number of amides is 1. The largest absolute Gasteiger partial charge is 0.467 e. The molecule has 19 heavy (non-hydrogen) atoms. The Kier molecular flexibility index (Phi) is 3.23. The van der Waals surface area contributed by atoms with Crippen molar-refractivity contribution in [1.82, 2.24) is 0 Å². The molecule has 1 aliphatic heterocycles. The maximum atomic E-state index is 11.7. The third-order valence-corrected chi connectivity index (χ3v) is 3.28. The van der Waals surface area contributed by atoms with Crippen LogP contribution in [0.3, 0.4) is 0 Å². The topological polar surface area (TPSA) is 45.5 Å². The summed E-state index contributed by atoms with van der Waals surface area (Å²) >= 11 is 0. The van der Waals surface area contributed by atoms with E-state index in [4.69, 9.17) is 4.42 Å². The number of hydrogen-bond acceptors (Lipinski definition) is 3. The molecule has 1 aromatic carbocycles. The van der Waals surface area contributed by atoms with Crippen LogP contribution in [0.15, 0.2) is 47.1 Å². The SMILES string of the molecule is O=C1CCCN1c1cccc(NCc2ccco2)c1. The Hall–Kier alpha value is -2.23. The minimum absolute atomic E-state index is 0.211. The van der Waals surface area contributed by atoms with Gasteiger partial charge in [0.1, 0.15) is 5.76 Å². The summed E-state index contributed by atoms with van der Waals surface area (Å²) < 4.78 is 5.28. The zero-order valence-electron chi connectivity index (χ0n) is 10.6. The molecule has 0 aliphatic carbocycles. The second-order valence-corrected chi connectivity index (χ2v) is 4.63. The van der Waals surface area contributed by atoms with Gasteiger partial charge < -0.3 is 14.6 Å². The van der Waals surface area contributed by atoms with Crippen molar-refractivity contribution in [3.05, 3.63) is 48.4 Å². The van der Waals surface area contributed by atoms with E-state index in [2.05, 4.69) is 5.32 Å². The summed E-state index contributed by atoms with van der Waals surface area (Å²) in [6.45, 7) is 1.46. The van der Waals surface area contributed by atoms with Crippen molar-refractivity contribution in [2.24, 2.45) is 0 Å². The summed E-state index contributed by atoms with van der Waals surface area (Å²) in [7, 11) is 0. The standard InChI is InChI=1S/C15H16N2O2/c18-15-7-2-8-17(15)13-5-1-4-12(10-13)16-11-14-6-3-9-19-14/h1,3-6,9-10,16H,2,7-8,11H2. The van der Waals surface area contributed by atoms with E-state index in [1.807, 2.05) is 41.3 Å². The fraction of sp³-hybridized carbons (Fsp3) is 0.267. The molecular weight excluding hydrogens is 240 g/mol. The van der Waals surface area contributed by atoms with E-state index in [-0.39, 0.29) is 5.91 Å². The van der Waals surface area contributed by atoms with Crippen LogP contribution >= 0.6 is 0 Å². The highest BCUT2D eigenvalue weighted by atomic mass is 16.3. The highest BCUT2D eigenvalue weighted by Crippen LogP contribution is 2.24. The van der Waals surface area contributed by atoms with E-state index >= 15 is 0 Å². The van der Waals surface area contributed by atoms with E-state index < -0.39 is 0 Å². The molecule has 1 saturated heterocycles. The fourth-order valence-corrected chi connectivity index (χ4v) is 2.31. The van der Waals surface area contributed by atoms with Gasteiger partial charge in [-0.05, 0) is 36.8 Å². The first-order valence-electron chi connectivity index (χ1n) is 6.49. The molecule has 0 spiro atoms. The monoisotopic (exact) mass is 256 g/mol. The van der Waals surface area contributed by atoms with Gasteiger partial charge in [-0.15, -0.1) is 0 Å². The van der Waals surface area contributed by atoms with E-state index in [1.54, 1.807) is 6.26 Å². The van der Waals surface area contributed by atoms with E-state index in [0.29, 0.717) is 13.0 Å². The number of furan rings is 1. The second-order valence-electron chi connectivity index (χ2n) is 4.63. The van der Waals surface area contributed by atoms with Gasteiger partial charge in [-0.25, -0.2) is 0 Å². The van der Waals surface area contributed by atoms with Crippen LogP contribution in [0.4, 0.5) is 11.4 Å². The molecule has 0 atom stereocenters. The molecule has 98 valence electrons. The van der Waals surface area contributed by atoms with Crippen molar-refractivity contribution >= 4 is 17.3 Å². The maximum absolute atomic E-state index is 11.7. The van der Waals surface area contributed by atoms with Gasteiger partial charge in [-0.1, -0.05) is 6.07 Å². The first kappa shape index (κ1) is 11.8. The molecule has 1 N–H and O–H groups in total. The Balaban J connectivity index is 1.71. The molecule has 0 bridgehead atoms. The Morgan fingerprint density at radius 3 is 2.95 bits per heavy atom. The quantitative estimate of drug-likeness (QED) is 0.914. The zero-order valence-corrected chi connectivity index (χ0v) is 10.6. The van der Waals surface area contributed by atoms with Crippen molar-refractivity contribution in [2.75, 3.05) is 16.8 Å². The molecule has 2 aromatic rings. The predicted molar refractivity (Wildman–Crippen MR) is 74.1 cm³/mol. The van der Waals surface area contributed by atoms with Crippen molar-refractivity contribution in [3.8, 4) is 0 Å². The Labute approximate surface area is 112 Å². The number of carbonyl (C=O) groups excluding carboxylic acids is 1. The molecule has 0 radical (unpaired) electrons. The van der Waals surface area contributed by atoms with Crippen LogP contribution in [0, 0.1) is 0 Å². The summed E-state index contributed by atoms with van der Waals surface area (Å²) in [5.74, 6) is 1.10. The molecule has 2 heterocycles. The molecule has 4 nitrogen and oxygen atoms in total. The molecule has 1 aromatic heterocycles. The summed E-state index contributed by atoms with van der Waals surface area (Å²) in [4.78, 5) is 13.6. The van der Waals surface area contributed by atoms with Crippen LogP contribution < -0.4 is 10.2 Å². The average molecular weight is 256 g/mol. The Morgan fingerprint density at radius 1 is 1.26 bits per heavy atom. The minimum atomic E-state index is 0.211. The maximum Gasteiger partial charge on any atom is 0.227 e. The fourth-order valence-electron chi connectivity index (χ4n) is 2.31. The van der Waals surface area contributed by atoms with E-state index in [9.17, 15) is 4.79 Å². The molecule has 4 heteroatoms. The van der Waals surface area contributed by atoms with Crippen molar-refractivity contribution in [3.63, 3.8) is 0 Å². The second kappa shape index (κ2) is 5.18. The Bertz CT molecular complexity index is 563. The smallest absolute Gasteiger partial charge is 0.227 e. The van der Waals surface area contributed by atoms with Crippen LogP contribution in [0.2, 0.25) is 0 Å². The molecule has 1 fully saturated rings. The lowest BCUT2D eigenvalue weighted by Gasteiger charge is -2.16. The molecule has 1 aliphatic rings. The van der Waals surface area contributed by atoms with Gasteiger partial charge in [0.05, 0.1) is 12.8 Å². The molecule has 0 unspecified atom stereocenters. The summed E-state index contributed by atoms with van der Waals surface area (Å²) in [5.41, 5.74) is 1.96. The van der Waals surface area contributed by atoms with Crippen LogP contribution in [-0.2, 0) is 11.3 Å². The van der Waals surface area contributed by atoms with Gasteiger partial charge in [0.25, 0.3) is 0 Å². The van der Waals surface area contributed by atoms with Gasteiger partial charge in [0.2, 0.25) is 5.91 Å².